The van der Waals surface area contributed by atoms with Gasteiger partial charge in [0.15, 0.2) is 12.6 Å². The summed E-state index contributed by atoms with van der Waals surface area (Å²) in [6.07, 6.45) is 7.99. The van der Waals surface area contributed by atoms with Crippen LogP contribution < -0.4 is 0 Å². The van der Waals surface area contributed by atoms with Crippen molar-refractivity contribution in [3.63, 3.8) is 0 Å². The Bertz CT molecular complexity index is 243. The Hall–Kier alpha value is -0.900. The van der Waals surface area contributed by atoms with Gasteiger partial charge in [-0.2, -0.15) is 0 Å². The molecule has 0 atom stereocenters. The van der Waals surface area contributed by atoms with E-state index in [1.807, 2.05) is 13.8 Å². The fourth-order valence-corrected chi connectivity index (χ4v) is 1.93. The highest BCUT2D eigenvalue weighted by atomic mass is 16.7. The van der Waals surface area contributed by atoms with E-state index in [0.717, 1.165) is 31.6 Å². The van der Waals surface area contributed by atoms with Gasteiger partial charge >= 0.3 is 5.95 Å². The fourth-order valence-electron chi connectivity index (χ4n) is 1.93. The second kappa shape index (κ2) is 15.5. The Labute approximate surface area is 130 Å². The second-order valence-corrected chi connectivity index (χ2v) is 4.91. The van der Waals surface area contributed by atoms with Crippen LogP contribution in [0.15, 0.2) is 11.7 Å². The molecule has 0 N–H and O–H groups in total. The van der Waals surface area contributed by atoms with Gasteiger partial charge in [-0.25, -0.2) is 0 Å². The number of unbranched alkanes of at least 4 members (excludes halogenated alkanes) is 4. The molecule has 0 saturated carbocycles. The Morgan fingerprint density at radius 3 is 2.05 bits per heavy atom. The quantitative estimate of drug-likeness (QED) is 0.242. The van der Waals surface area contributed by atoms with E-state index in [1.54, 1.807) is 0 Å². The van der Waals surface area contributed by atoms with Crippen molar-refractivity contribution < 1.29 is 18.9 Å². The molecule has 0 aliphatic heterocycles. The standard InChI is InChI=1S/C17H34O4/c1-5-9-10-11-12-14-18-15-21-17(20-8-4)16(13-6-2)19-7-3/h5-15H2,1-4H3. The molecule has 0 aromatic carbocycles. The second-order valence-electron chi connectivity index (χ2n) is 4.91. The molecular weight excluding hydrogens is 268 g/mol. The average molecular weight is 302 g/mol. The van der Waals surface area contributed by atoms with E-state index in [9.17, 15) is 0 Å². The van der Waals surface area contributed by atoms with Gasteiger partial charge in [0, 0.05) is 6.42 Å². The zero-order valence-corrected chi connectivity index (χ0v) is 14.4. The van der Waals surface area contributed by atoms with Crippen molar-refractivity contribution in [2.24, 2.45) is 0 Å². The zero-order valence-electron chi connectivity index (χ0n) is 14.4. The highest BCUT2D eigenvalue weighted by molar-refractivity contribution is 4.94. The highest BCUT2D eigenvalue weighted by Gasteiger charge is 2.10. The average Bonchev–Trinajstić information content (AvgIpc) is 2.48. The van der Waals surface area contributed by atoms with Gasteiger partial charge in [-0.3, -0.25) is 0 Å². The van der Waals surface area contributed by atoms with Gasteiger partial charge in [0.05, 0.1) is 19.8 Å². The monoisotopic (exact) mass is 302 g/mol. The van der Waals surface area contributed by atoms with Gasteiger partial charge in [-0.05, 0) is 26.7 Å². The van der Waals surface area contributed by atoms with Crippen LogP contribution in [0.3, 0.4) is 0 Å². The maximum absolute atomic E-state index is 5.59. The molecule has 0 aromatic heterocycles. The van der Waals surface area contributed by atoms with Gasteiger partial charge < -0.3 is 18.9 Å². The predicted octanol–water partition coefficient (Wildman–Crippen LogP) is 4.99. The Morgan fingerprint density at radius 2 is 1.43 bits per heavy atom. The number of hydrogen-bond acceptors (Lipinski definition) is 4. The molecule has 4 nitrogen and oxygen atoms in total. The molecule has 0 radical (unpaired) electrons. The minimum atomic E-state index is 0.226. The van der Waals surface area contributed by atoms with Crippen LogP contribution >= 0.6 is 0 Å². The minimum Gasteiger partial charge on any atom is -0.491 e. The van der Waals surface area contributed by atoms with E-state index in [0.29, 0.717) is 19.2 Å². The third-order valence-electron chi connectivity index (χ3n) is 2.96. The summed E-state index contributed by atoms with van der Waals surface area (Å²) < 4.78 is 22.2. The van der Waals surface area contributed by atoms with Crippen molar-refractivity contribution in [3.05, 3.63) is 11.7 Å². The summed E-state index contributed by atoms with van der Waals surface area (Å²) in [5.41, 5.74) is 0. The Balaban J connectivity index is 3.99. The SMILES string of the molecule is CCCCCCCOCOC(OCC)=C(CCC)OCC. The molecule has 0 aliphatic carbocycles. The number of ether oxygens (including phenoxy) is 4. The van der Waals surface area contributed by atoms with Crippen LogP contribution in [0.25, 0.3) is 0 Å². The molecule has 0 rings (SSSR count). The molecule has 0 fully saturated rings. The van der Waals surface area contributed by atoms with Gasteiger partial charge in [-0.1, -0.05) is 39.5 Å². The van der Waals surface area contributed by atoms with Gasteiger partial charge in [-0.15, -0.1) is 0 Å². The first-order valence-corrected chi connectivity index (χ1v) is 8.49. The lowest BCUT2D eigenvalue weighted by Gasteiger charge is -2.16. The van der Waals surface area contributed by atoms with Crippen molar-refractivity contribution in [3.8, 4) is 0 Å². The van der Waals surface area contributed by atoms with Crippen molar-refractivity contribution in [1.82, 2.24) is 0 Å². The van der Waals surface area contributed by atoms with E-state index in [1.165, 1.54) is 25.7 Å². The van der Waals surface area contributed by atoms with E-state index in [4.69, 9.17) is 18.9 Å². The third kappa shape index (κ3) is 11.4. The fraction of sp³-hybridized carbons (Fsp3) is 0.882. The first-order chi connectivity index (χ1) is 10.3. The summed E-state index contributed by atoms with van der Waals surface area (Å²) >= 11 is 0. The van der Waals surface area contributed by atoms with Crippen LogP contribution in [0, 0.1) is 0 Å². The largest absolute Gasteiger partial charge is 0.491 e. The van der Waals surface area contributed by atoms with Gasteiger partial charge in [0.2, 0.25) is 0 Å². The number of allylic oxidation sites excluding steroid dienone is 1. The number of rotatable bonds is 15. The third-order valence-corrected chi connectivity index (χ3v) is 2.96. The van der Waals surface area contributed by atoms with Crippen molar-refractivity contribution in [1.29, 1.82) is 0 Å². The molecule has 0 unspecified atom stereocenters. The van der Waals surface area contributed by atoms with Crippen LogP contribution in [-0.4, -0.2) is 26.6 Å². The van der Waals surface area contributed by atoms with Gasteiger partial charge in [0.25, 0.3) is 0 Å². The molecule has 4 heteroatoms. The van der Waals surface area contributed by atoms with Crippen molar-refractivity contribution in [2.75, 3.05) is 26.6 Å². The van der Waals surface area contributed by atoms with E-state index in [-0.39, 0.29) is 6.79 Å². The topological polar surface area (TPSA) is 36.9 Å². The van der Waals surface area contributed by atoms with Crippen LogP contribution in [0.4, 0.5) is 0 Å². The zero-order chi connectivity index (χ0) is 15.8. The summed E-state index contributed by atoms with van der Waals surface area (Å²) in [4.78, 5) is 0. The van der Waals surface area contributed by atoms with E-state index in [2.05, 4.69) is 13.8 Å². The number of hydrogen-bond donors (Lipinski definition) is 0. The first-order valence-electron chi connectivity index (χ1n) is 8.49. The molecule has 0 amide bonds. The molecule has 21 heavy (non-hydrogen) atoms. The molecule has 126 valence electrons. The highest BCUT2D eigenvalue weighted by Crippen LogP contribution is 2.15. The summed E-state index contributed by atoms with van der Waals surface area (Å²) in [7, 11) is 0. The Morgan fingerprint density at radius 1 is 0.714 bits per heavy atom. The van der Waals surface area contributed by atoms with Crippen LogP contribution in [0.5, 0.6) is 0 Å². The smallest absolute Gasteiger partial charge is 0.321 e. The summed E-state index contributed by atoms with van der Waals surface area (Å²) in [5.74, 6) is 1.26. The minimum absolute atomic E-state index is 0.226. The predicted molar refractivity (Wildman–Crippen MR) is 85.8 cm³/mol. The van der Waals surface area contributed by atoms with Crippen molar-refractivity contribution in [2.45, 2.75) is 72.6 Å². The lowest BCUT2D eigenvalue weighted by molar-refractivity contribution is -0.0822. The molecule has 0 heterocycles. The van der Waals surface area contributed by atoms with Crippen LogP contribution in [-0.2, 0) is 18.9 Å². The molecule has 0 saturated heterocycles. The molecule has 0 aliphatic rings. The van der Waals surface area contributed by atoms with E-state index < -0.39 is 0 Å². The molecular formula is C17H34O4. The van der Waals surface area contributed by atoms with Gasteiger partial charge in [0.1, 0.15) is 0 Å². The molecule has 0 spiro atoms. The van der Waals surface area contributed by atoms with E-state index >= 15 is 0 Å². The molecule has 0 aromatic rings. The molecule has 0 bridgehead atoms. The lowest BCUT2D eigenvalue weighted by Crippen LogP contribution is -2.09. The maximum atomic E-state index is 5.59. The van der Waals surface area contributed by atoms with Crippen LogP contribution in [0.1, 0.15) is 72.6 Å². The van der Waals surface area contributed by atoms with Crippen LogP contribution in [0.2, 0.25) is 0 Å². The summed E-state index contributed by atoms with van der Waals surface area (Å²) in [6.45, 7) is 10.4. The Kier molecular flexibility index (Phi) is 14.8. The summed E-state index contributed by atoms with van der Waals surface area (Å²) in [6, 6.07) is 0. The van der Waals surface area contributed by atoms with Crippen molar-refractivity contribution >= 4 is 0 Å². The summed E-state index contributed by atoms with van der Waals surface area (Å²) in [5, 5.41) is 0. The lowest BCUT2D eigenvalue weighted by atomic mass is 10.2. The first kappa shape index (κ1) is 20.1. The maximum Gasteiger partial charge on any atom is 0.321 e. The normalized spacial score (nSPS) is 12.0.